The van der Waals surface area contributed by atoms with Gasteiger partial charge in [-0.15, -0.1) is 0 Å². The Kier molecular flexibility index (Phi) is 4.97. The maximum Gasteiger partial charge on any atom is 0.243 e. The van der Waals surface area contributed by atoms with Crippen LogP contribution in [0.5, 0.6) is 0 Å². The second-order valence-corrected chi connectivity index (χ2v) is 6.27. The summed E-state index contributed by atoms with van der Waals surface area (Å²) in [5.41, 5.74) is 6.05. The van der Waals surface area contributed by atoms with Crippen molar-refractivity contribution in [2.75, 3.05) is 0 Å². The molecule has 1 heterocycles. The summed E-state index contributed by atoms with van der Waals surface area (Å²) in [5.74, 6) is 3.19. The minimum atomic E-state index is -0.141. The van der Waals surface area contributed by atoms with Crippen LogP contribution in [-0.4, -0.2) is 10.1 Å². The van der Waals surface area contributed by atoms with Crippen molar-refractivity contribution in [2.45, 2.75) is 71.3 Å². The molecule has 0 amide bonds. The Labute approximate surface area is 116 Å². The van der Waals surface area contributed by atoms with Crippen molar-refractivity contribution in [1.82, 2.24) is 10.1 Å². The van der Waals surface area contributed by atoms with Crippen LogP contribution in [0.25, 0.3) is 0 Å². The molecule has 4 heteroatoms. The Balaban J connectivity index is 1.93. The van der Waals surface area contributed by atoms with Crippen LogP contribution in [0.1, 0.15) is 83.0 Å². The van der Waals surface area contributed by atoms with Gasteiger partial charge in [-0.05, 0) is 37.5 Å². The molecule has 0 aromatic carbocycles. The Morgan fingerprint density at radius 3 is 2.53 bits per heavy atom. The van der Waals surface area contributed by atoms with E-state index >= 15 is 0 Å². The average molecular weight is 265 g/mol. The summed E-state index contributed by atoms with van der Waals surface area (Å²) in [5, 5.41) is 4.15. The number of hydrogen-bond donors (Lipinski definition) is 1. The van der Waals surface area contributed by atoms with Crippen molar-refractivity contribution < 1.29 is 4.52 Å². The van der Waals surface area contributed by atoms with E-state index in [0.717, 1.165) is 11.7 Å². The number of nitrogens with zero attached hydrogens (tertiary/aromatic N) is 2. The van der Waals surface area contributed by atoms with Crippen LogP contribution in [0.4, 0.5) is 0 Å². The molecule has 1 atom stereocenters. The molecule has 1 aliphatic rings. The minimum Gasteiger partial charge on any atom is -0.338 e. The van der Waals surface area contributed by atoms with E-state index in [1.54, 1.807) is 0 Å². The van der Waals surface area contributed by atoms with E-state index in [4.69, 9.17) is 10.3 Å². The summed E-state index contributed by atoms with van der Waals surface area (Å²) < 4.78 is 5.33. The first-order valence-electron chi connectivity index (χ1n) is 7.70. The minimum absolute atomic E-state index is 0.141. The summed E-state index contributed by atoms with van der Waals surface area (Å²) in [6, 6.07) is -0.141. The number of nitrogens with two attached hydrogens (primary N) is 1. The highest BCUT2D eigenvalue weighted by molar-refractivity contribution is 5.00. The second-order valence-electron chi connectivity index (χ2n) is 6.27. The third-order valence-corrected chi connectivity index (χ3v) is 4.37. The van der Waals surface area contributed by atoms with Crippen LogP contribution in [0, 0.1) is 11.8 Å². The van der Waals surface area contributed by atoms with Gasteiger partial charge in [0, 0.05) is 5.92 Å². The number of hydrogen-bond acceptors (Lipinski definition) is 4. The molecule has 0 radical (unpaired) electrons. The van der Waals surface area contributed by atoms with Gasteiger partial charge < -0.3 is 10.3 Å². The van der Waals surface area contributed by atoms with Crippen LogP contribution < -0.4 is 5.73 Å². The van der Waals surface area contributed by atoms with Crippen LogP contribution in [-0.2, 0) is 0 Å². The molecule has 0 aliphatic heterocycles. The first kappa shape index (κ1) is 14.5. The molecule has 0 saturated heterocycles. The number of rotatable bonds is 5. The zero-order valence-electron chi connectivity index (χ0n) is 12.4. The van der Waals surface area contributed by atoms with Crippen molar-refractivity contribution in [2.24, 2.45) is 17.6 Å². The molecule has 1 aliphatic carbocycles. The largest absolute Gasteiger partial charge is 0.338 e. The first-order chi connectivity index (χ1) is 9.11. The third-order valence-electron chi connectivity index (χ3n) is 4.37. The maximum absolute atomic E-state index is 6.05. The first-order valence-corrected chi connectivity index (χ1v) is 7.70. The van der Waals surface area contributed by atoms with Crippen LogP contribution in [0.2, 0.25) is 0 Å². The van der Waals surface area contributed by atoms with Gasteiger partial charge in [0.05, 0.1) is 6.04 Å². The zero-order chi connectivity index (χ0) is 13.8. The van der Waals surface area contributed by atoms with Gasteiger partial charge in [0.2, 0.25) is 5.89 Å². The lowest BCUT2D eigenvalue weighted by Crippen LogP contribution is -2.17. The van der Waals surface area contributed by atoms with Gasteiger partial charge >= 0.3 is 0 Å². The van der Waals surface area contributed by atoms with Crippen LogP contribution in [0.15, 0.2) is 4.52 Å². The van der Waals surface area contributed by atoms with Gasteiger partial charge in [0.15, 0.2) is 5.82 Å². The van der Waals surface area contributed by atoms with E-state index in [1.165, 1.54) is 38.5 Å². The molecule has 0 unspecified atom stereocenters. The van der Waals surface area contributed by atoms with E-state index < -0.39 is 0 Å². The third kappa shape index (κ3) is 3.56. The quantitative estimate of drug-likeness (QED) is 0.879. The average Bonchev–Trinajstić information content (AvgIpc) is 2.88. The summed E-state index contributed by atoms with van der Waals surface area (Å²) in [6.07, 6.45) is 7.66. The molecule has 0 spiro atoms. The van der Waals surface area contributed by atoms with Gasteiger partial charge in [-0.25, -0.2) is 0 Å². The topological polar surface area (TPSA) is 64.9 Å². The SMILES string of the molecule is CCCC1CCC(c2noc([C@H](N)C(C)C)n2)CC1. The van der Waals surface area contributed by atoms with Gasteiger partial charge in [-0.1, -0.05) is 38.8 Å². The van der Waals surface area contributed by atoms with Gasteiger partial charge in [-0.2, -0.15) is 4.98 Å². The standard InChI is InChI=1S/C15H27N3O/c1-4-5-11-6-8-12(9-7-11)14-17-15(19-18-14)13(16)10(2)3/h10-13H,4-9,16H2,1-3H3/t11?,12?,13-/m1/s1. The molecule has 1 fully saturated rings. The van der Waals surface area contributed by atoms with E-state index in [2.05, 4.69) is 30.9 Å². The fraction of sp³-hybridized carbons (Fsp3) is 0.867. The molecule has 1 aromatic rings. The Morgan fingerprint density at radius 2 is 1.95 bits per heavy atom. The normalized spacial score (nSPS) is 25.7. The molecule has 0 bridgehead atoms. The molecule has 4 nitrogen and oxygen atoms in total. The fourth-order valence-electron chi connectivity index (χ4n) is 2.95. The number of aromatic nitrogens is 2. The molecule has 2 rings (SSSR count). The molecular formula is C15H27N3O. The smallest absolute Gasteiger partial charge is 0.243 e. The van der Waals surface area contributed by atoms with E-state index in [1.807, 2.05) is 0 Å². The molecule has 1 saturated carbocycles. The van der Waals surface area contributed by atoms with E-state index in [9.17, 15) is 0 Å². The van der Waals surface area contributed by atoms with Crippen molar-refractivity contribution >= 4 is 0 Å². The lowest BCUT2D eigenvalue weighted by molar-refractivity contribution is 0.290. The van der Waals surface area contributed by atoms with E-state index in [0.29, 0.717) is 17.7 Å². The predicted octanol–water partition coefficient (Wildman–Crippen LogP) is 3.80. The Bertz CT molecular complexity index is 380. The van der Waals surface area contributed by atoms with Crippen molar-refractivity contribution in [1.29, 1.82) is 0 Å². The zero-order valence-corrected chi connectivity index (χ0v) is 12.4. The van der Waals surface area contributed by atoms with Gasteiger partial charge in [0.25, 0.3) is 0 Å². The molecule has 1 aromatic heterocycles. The lowest BCUT2D eigenvalue weighted by atomic mass is 9.80. The van der Waals surface area contributed by atoms with E-state index in [-0.39, 0.29) is 6.04 Å². The lowest BCUT2D eigenvalue weighted by Gasteiger charge is -2.26. The summed E-state index contributed by atoms with van der Waals surface area (Å²) in [6.45, 7) is 6.42. The second kappa shape index (κ2) is 6.51. The Hall–Kier alpha value is -0.900. The maximum atomic E-state index is 6.05. The summed E-state index contributed by atoms with van der Waals surface area (Å²) >= 11 is 0. The molecule has 19 heavy (non-hydrogen) atoms. The highest BCUT2D eigenvalue weighted by Crippen LogP contribution is 2.36. The van der Waals surface area contributed by atoms with Crippen LogP contribution in [0.3, 0.4) is 0 Å². The summed E-state index contributed by atoms with van der Waals surface area (Å²) in [4.78, 5) is 4.52. The molecule has 2 N–H and O–H groups in total. The highest BCUT2D eigenvalue weighted by atomic mass is 16.5. The molecular weight excluding hydrogens is 238 g/mol. The highest BCUT2D eigenvalue weighted by Gasteiger charge is 2.27. The Morgan fingerprint density at radius 1 is 1.26 bits per heavy atom. The molecule has 108 valence electrons. The van der Waals surface area contributed by atoms with Gasteiger partial charge in [0.1, 0.15) is 0 Å². The van der Waals surface area contributed by atoms with Crippen molar-refractivity contribution in [3.63, 3.8) is 0 Å². The predicted molar refractivity (Wildman–Crippen MR) is 75.7 cm³/mol. The van der Waals surface area contributed by atoms with Crippen molar-refractivity contribution in [3.05, 3.63) is 11.7 Å². The summed E-state index contributed by atoms with van der Waals surface area (Å²) in [7, 11) is 0. The van der Waals surface area contributed by atoms with Gasteiger partial charge in [-0.3, -0.25) is 0 Å². The monoisotopic (exact) mass is 265 g/mol. The fourth-order valence-corrected chi connectivity index (χ4v) is 2.95. The van der Waals surface area contributed by atoms with Crippen LogP contribution >= 0.6 is 0 Å². The van der Waals surface area contributed by atoms with Crippen molar-refractivity contribution in [3.8, 4) is 0 Å².